The molecule has 1 N–H and O–H groups in total. The largest absolute Gasteiger partial charge is 0.313 e. The molecule has 0 aromatic heterocycles. The van der Waals surface area contributed by atoms with Crippen LogP contribution in [0.2, 0.25) is 0 Å². The van der Waals surface area contributed by atoms with E-state index in [1.165, 1.54) is 58.3 Å². The fourth-order valence-corrected chi connectivity index (χ4v) is 2.37. The van der Waals surface area contributed by atoms with E-state index in [4.69, 9.17) is 0 Å². The van der Waals surface area contributed by atoms with Crippen LogP contribution in [0.25, 0.3) is 0 Å². The third-order valence-electron chi connectivity index (χ3n) is 3.09. The topological polar surface area (TPSA) is 15.3 Å². The van der Waals surface area contributed by atoms with Crippen LogP contribution >= 0.6 is 0 Å². The van der Waals surface area contributed by atoms with Crippen molar-refractivity contribution in [3.63, 3.8) is 0 Å². The number of nitrogens with one attached hydrogen (secondary N) is 1. The average molecular weight is 168 g/mol. The summed E-state index contributed by atoms with van der Waals surface area (Å²) in [5.41, 5.74) is 0. The number of likely N-dealkylation sites (tertiary alicyclic amines) is 1. The van der Waals surface area contributed by atoms with E-state index in [1.807, 2.05) is 0 Å². The van der Waals surface area contributed by atoms with Crippen LogP contribution in [0.5, 0.6) is 0 Å². The van der Waals surface area contributed by atoms with E-state index in [-0.39, 0.29) is 0 Å². The molecule has 70 valence electrons. The van der Waals surface area contributed by atoms with Crippen LogP contribution in [0.4, 0.5) is 0 Å². The monoisotopic (exact) mass is 168 g/mol. The molecule has 2 fully saturated rings. The van der Waals surface area contributed by atoms with Crippen LogP contribution < -0.4 is 5.32 Å². The second-order valence-electron chi connectivity index (χ2n) is 4.15. The zero-order valence-corrected chi connectivity index (χ0v) is 7.89. The van der Waals surface area contributed by atoms with Crippen molar-refractivity contribution in [2.24, 2.45) is 0 Å². The molecule has 2 aliphatic heterocycles. The Balaban J connectivity index is 1.69. The minimum Gasteiger partial charge on any atom is -0.313 e. The van der Waals surface area contributed by atoms with E-state index in [2.05, 4.69) is 10.2 Å². The van der Waals surface area contributed by atoms with Crippen LogP contribution in [0.15, 0.2) is 0 Å². The molecule has 0 spiro atoms. The maximum Gasteiger partial charge on any atom is 0.0195 e. The van der Waals surface area contributed by atoms with E-state index in [1.54, 1.807) is 0 Å². The Morgan fingerprint density at radius 2 is 1.92 bits per heavy atom. The highest BCUT2D eigenvalue weighted by atomic mass is 15.2. The normalized spacial score (nSPS) is 32.5. The minimum atomic E-state index is 0.808. The molecule has 0 aliphatic carbocycles. The van der Waals surface area contributed by atoms with E-state index in [9.17, 15) is 0 Å². The molecular weight excluding hydrogens is 148 g/mol. The molecule has 2 rings (SSSR count). The van der Waals surface area contributed by atoms with Crippen molar-refractivity contribution < 1.29 is 0 Å². The molecule has 0 radical (unpaired) electrons. The lowest BCUT2D eigenvalue weighted by molar-refractivity contribution is 0.210. The van der Waals surface area contributed by atoms with Gasteiger partial charge in [0, 0.05) is 12.6 Å². The molecule has 1 atom stereocenters. The smallest absolute Gasteiger partial charge is 0.0195 e. The van der Waals surface area contributed by atoms with Crippen molar-refractivity contribution in [1.29, 1.82) is 0 Å². The number of hydrogen-bond acceptors (Lipinski definition) is 2. The van der Waals surface area contributed by atoms with Crippen LogP contribution in [-0.2, 0) is 0 Å². The predicted octanol–water partition coefficient (Wildman–Crippen LogP) is 1.22. The first-order valence-electron chi connectivity index (χ1n) is 5.41. The summed E-state index contributed by atoms with van der Waals surface area (Å²) in [5.74, 6) is 0. The summed E-state index contributed by atoms with van der Waals surface area (Å²) >= 11 is 0. The number of nitrogens with zero attached hydrogens (tertiary/aromatic N) is 1. The third kappa shape index (κ3) is 2.20. The molecule has 2 aliphatic rings. The Hall–Kier alpha value is -0.0800. The van der Waals surface area contributed by atoms with Crippen LogP contribution in [-0.4, -0.2) is 37.1 Å². The summed E-state index contributed by atoms with van der Waals surface area (Å²) in [7, 11) is 0. The summed E-state index contributed by atoms with van der Waals surface area (Å²) in [5, 5.41) is 3.56. The number of hydrogen-bond donors (Lipinski definition) is 1. The first kappa shape index (κ1) is 8.52. The van der Waals surface area contributed by atoms with Gasteiger partial charge in [-0.15, -0.1) is 0 Å². The first-order valence-corrected chi connectivity index (χ1v) is 5.41. The lowest BCUT2D eigenvalue weighted by Crippen LogP contribution is -2.40. The Labute approximate surface area is 75.3 Å². The van der Waals surface area contributed by atoms with E-state index in [0.29, 0.717) is 0 Å². The molecule has 0 unspecified atom stereocenters. The molecule has 0 bridgehead atoms. The van der Waals surface area contributed by atoms with Crippen molar-refractivity contribution in [2.45, 2.75) is 38.1 Å². The summed E-state index contributed by atoms with van der Waals surface area (Å²) in [6.07, 6.45) is 7.09. The second kappa shape index (κ2) is 4.24. The zero-order valence-electron chi connectivity index (χ0n) is 7.89. The van der Waals surface area contributed by atoms with Gasteiger partial charge in [-0.2, -0.15) is 0 Å². The summed E-state index contributed by atoms with van der Waals surface area (Å²) in [4.78, 5) is 2.63. The molecule has 2 heteroatoms. The molecule has 2 nitrogen and oxygen atoms in total. The Morgan fingerprint density at radius 3 is 2.58 bits per heavy atom. The van der Waals surface area contributed by atoms with Gasteiger partial charge in [-0.05, 0) is 45.3 Å². The van der Waals surface area contributed by atoms with Gasteiger partial charge >= 0.3 is 0 Å². The Morgan fingerprint density at radius 1 is 1.08 bits per heavy atom. The van der Waals surface area contributed by atoms with E-state index in [0.717, 1.165) is 6.04 Å². The minimum absolute atomic E-state index is 0.808. The molecule has 0 aromatic rings. The average Bonchev–Trinajstić information content (AvgIpc) is 2.59. The highest BCUT2D eigenvalue weighted by Gasteiger charge is 2.18. The maximum absolute atomic E-state index is 3.56. The highest BCUT2D eigenvalue weighted by molar-refractivity contribution is 4.78. The van der Waals surface area contributed by atoms with Crippen LogP contribution in [0, 0.1) is 0 Å². The molecule has 0 amide bonds. The van der Waals surface area contributed by atoms with Gasteiger partial charge in [0.25, 0.3) is 0 Å². The van der Waals surface area contributed by atoms with Crippen molar-refractivity contribution in [1.82, 2.24) is 10.2 Å². The fraction of sp³-hybridized carbons (Fsp3) is 1.00. The molecule has 2 saturated heterocycles. The first-order chi connectivity index (χ1) is 5.95. The second-order valence-corrected chi connectivity index (χ2v) is 4.15. The van der Waals surface area contributed by atoms with Crippen molar-refractivity contribution in [3.8, 4) is 0 Å². The third-order valence-corrected chi connectivity index (χ3v) is 3.09. The molecule has 0 aromatic carbocycles. The number of piperidine rings is 1. The molecular formula is C10H20N2. The molecule has 0 saturated carbocycles. The van der Waals surface area contributed by atoms with Gasteiger partial charge in [-0.1, -0.05) is 6.42 Å². The van der Waals surface area contributed by atoms with Gasteiger partial charge in [0.1, 0.15) is 0 Å². The molecule has 2 heterocycles. The SMILES string of the molecule is C1CCN(C[C@@H]2CCCN2)CC1. The van der Waals surface area contributed by atoms with E-state index >= 15 is 0 Å². The van der Waals surface area contributed by atoms with Gasteiger partial charge in [0.15, 0.2) is 0 Å². The van der Waals surface area contributed by atoms with Gasteiger partial charge in [-0.25, -0.2) is 0 Å². The molecule has 12 heavy (non-hydrogen) atoms. The number of rotatable bonds is 2. The fourth-order valence-electron chi connectivity index (χ4n) is 2.37. The van der Waals surface area contributed by atoms with E-state index < -0.39 is 0 Å². The summed E-state index contributed by atoms with van der Waals surface area (Å²) in [6, 6.07) is 0.808. The summed E-state index contributed by atoms with van der Waals surface area (Å²) in [6.45, 7) is 5.24. The predicted molar refractivity (Wildman–Crippen MR) is 51.3 cm³/mol. The van der Waals surface area contributed by atoms with Gasteiger partial charge in [0.05, 0.1) is 0 Å². The Kier molecular flexibility index (Phi) is 3.01. The quantitative estimate of drug-likeness (QED) is 0.667. The van der Waals surface area contributed by atoms with Crippen molar-refractivity contribution in [2.75, 3.05) is 26.2 Å². The van der Waals surface area contributed by atoms with Crippen LogP contribution in [0.1, 0.15) is 32.1 Å². The van der Waals surface area contributed by atoms with Crippen molar-refractivity contribution >= 4 is 0 Å². The van der Waals surface area contributed by atoms with Gasteiger partial charge < -0.3 is 10.2 Å². The van der Waals surface area contributed by atoms with Gasteiger partial charge in [0.2, 0.25) is 0 Å². The maximum atomic E-state index is 3.56. The lowest BCUT2D eigenvalue weighted by Gasteiger charge is -2.28. The standard InChI is InChI=1S/C10H20N2/c1-2-7-12(8-3-1)9-10-5-4-6-11-10/h10-11H,1-9H2/t10-/m0/s1. The summed E-state index contributed by atoms with van der Waals surface area (Å²) < 4.78 is 0. The van der Waals surface area contributed by atoms with Crippen LogP contribution in [0.3, 0.4) is 0 Å². The van der Waals surface area contributed by atoms with Crippen molar-refractivity contribution in [3.05, 3.63) is 0 Å². The van der Waals surface area contributed by atoms with Gasteiger partial charge in [-0.3, -0.25) is 0 Å². The Bertz CT molecular complexity index is 124. The zero-order chi connectivity index (χ0) is 8.23. The highest BCUT2D eigenvalue weighted by Crippen LogP contribution is 2.12. The lowest BCUT2D eigenvalue weighted by atomic mass is 10.1.